The normalized spacial score (nSPS) is 10.7. The first-order chi connectivity index (χ1) is 8.31. The van der Waals surface area contributed by atoms with Gasteiger partial charge in [-0.1, -0.05) is 63.3 Å². The molecule has 0 unspecified atom stereocenters. The van der Waals surface area contributed by atoms with Gasteiger partial charge in [-0.15, -0.1) is 0 Å². The maximum atomic E-state index is 4.00. The highest BCUT2D eigenvalue weighted by molar-refractivity contribution is 5.92. The van der Waals surface area contributed by atoms with E-state index in [0.29, 0.717) is 0 Å². The van der Waals surface area contributed by atoms with Crippen molar-refractivity contribution < 1.29 is 0 Å². The fourth-order valence-corrected chi connectivity index (χ4v) is 2.57. The van der Waals surface area contributed by atoms with Gasteiger partial charge in [0.15, 0.2) is 0 Å². The molecule has 0 aromatic heterocycles. The van der Waals surface area contributed by atoms with Crippen LogP contribution in [0.1, 0.15) is 37.0 Å². The Kier molecular flexibility index (Phi) is 3.63. The minimum absolute atomic E-state index is 1.10. The first kappa shape index (κ1) is 11.9. The fraction of sp³-hybridized carbons (Fsp3) is 0.294. The minimum Gasteiger partial charge on any atom is -0.0984 e. The van der Waals surface area contributed by atoms with Gasteiger partial charge in [0.25, 0.3) is 0 Å². The summed E-state index contributed by atoms with van der Waals surface area (Å²) in [5.74, 6) is 0. The summed E-state index contributed by atoms with van der Waals surface area (Å²) < 4.78 is 0. The summed E-state index contributed by atoms with van der Waals surface area (Å²) in [7, 11) is 0. The Labute approximate surface area is 104 Å². The van der Waals surface area contributed by atoms with Crippen molar-refractivity contribution in [1.29, 1.82) is 0 Å². The maximum absolute atomic E-state index is 4.00. The average molecular weight is 224 g/mol. The molecule has 0 saturated heterocycles. The number of aryl methyl sites for hydroxylation is 1. The number of hydrogen-bond acceptors (Lipinski definition) is 0. The molecule has 0 aliphatic heterocycles. The summed E-state index contributed by atoms with van der Waals surface area (Å²) >= 11 is 0. The van der Waals surface area contributed by atoms with E-state index in [0.717, 1.165) is 12.8 Å². The second-order valence-electron chi connectivity index (χ2n) is 4.46. The van der Waals surface area contributed by atoms with Gasteiger partial charge in [-0.25, -0.2) is 0 Å². The third-order valence-corrected chi connectivity index (χ3v) is 3.38. The number of rotatable bonds is 4. The number of hydrogen-bond donors (Lipinski definition) is 0. The zero-order valence-electron chi connectivity index (χ0n) is 10.8. The third-order valence-electron chi connectivity index (χ3n) is 3.38. The molecule has 2 aromatic carbocycles. The van der Waals surface area contributed by atoms with Gasteiger partial charge in [0, 0.05) is 0 Å². The second-order valence-corrected chi connectivity index (χ2v) is 4.46. The van der Waals surface area contributed by atoms with E-state index >= 15 is 0 Å². The van der Waals surface area contributed by atoms with Crippen LogP contribution in [-0.4, -0.2) is 0 Å². The molecule has 0 heteroatoms. The Morgan fingerprint density at radius 3 is 2.59 bits per heavy atom. The van der Waals surface area contributed by atoms with Crippen molar-refractivity contribution >= 4 is 16.8 Å². The lowest BCUT2D eigenvalue weighted by molar-refractivity contribution is 0.899. The van der Waals surface area contributed by atoms with Crippen molar-refractivity contribution in [3.05, 3.63) is 53.6 Å². The summed E-state index contributed by atoms with van der Waals surface area (Å²) in [6.07, 6.45) is 5.45. The zero-order valence-corrected chi connectivity index (χ0v) is 10.8. The molecule has 0 atom stereocenters. The molecule has 0 amide bonds. The van der Waals surface area contributed by atoms with Crippen LogP contribution in [-0.2, 0) is 12.8 Å². The summed E-state index contributed by atoms with van der Waals surface area (Å²) in [5.41, 5.74) is 4.30. The lowest BCUT2D eigenvalue weighted by Gasteiger charge is -2.14. The number of fused-ring (bicyclic) bond motifs is 1. The molecule has 0 aliphatic rings. The van der Waals surface area contributed by atoms with Crippen LogP contribution in [0.15, 0.2) is 36.9 Å². The molecule has 0 nitrogen and oxygen atoms in total. The smallest absolute Gasteiger partial charge is 0.0109 e. The fourth-order valence-electron chi connectivity index (χ4n) is 2.57. The van der Waals surface area contributed by atoms with E-state index < -0.39 is 0 Å². The van der Waals surface area contributed by atoms with E-state index in [4.69, 9.17) is 0 Å². The largest absolute Gasteiger partial charge is 0.0984 e. The minimum atomic E-state index is 1.10. The third kappa shape index (κ3) is 2.12. The van der Waals surface area contributed by atoms with E-state index in [1.807, 2.05) is 6.08 Å². The molecule has 0 saturated carbocycles. The molecule has 17 heavy (non-hydrogen) atoms. The van der Waals surface area contributed by atoms with Crippen molar-refractivity contribution in [1.82, 2.24) is 0 Å². The van der Waals surface area contributed by atoms with Crippen LogP contribution < -0.4 is 0 Å². The van der Waals surface area contributed by atoms with Crippen LogP contribution in [0, 0.1) is 0 Å². The van der Waals surface area contributed by atoms with E-state index in [1.54, 1.807) is 0 Å². The van der Waals surface area contributed by atoms with Crippen molar-refractivity contribution in [2.24, 2.45) is 0 Å². The molecular weight excluding hydrogens is 204 g/mol. The Hall–Kier alpha value is -1.56. The van der Waals surface area contributed by atoms with E-state index in [1.165, 1.54) is 33.9 Å². The maximum Gasteiger partial charge on any atom is -0.0109 e. The molecule has 0 radical (unpaired) electrons. The Morgan fingerprint density at radius 2 is 1.94 bits per heavy atom. The Morgan fingerprint density at radius 1 is 1.18 bits per heavy atom. The Balaban J connectivity index is 2.79. The first-order valence-electron chi connectivity index (χ1n) is 6.47. The summed E-state index contributed by atoms with van der Waals surface area (Å²) in [6, 6.07) is 10.9. The molecule has 2 rings (SSSR count). The van der Waals surface area contributed by atoms with Crippen LogP contribution in [0.4, 0.5) is 0 Å². The van der Waals surface area contributed by atoms with Gasteiger partial charge in [0.05, 0.1) is 0 Å². The summed E-state index contributed by atoms with van der Waals surface area (Å²) in [5, 5.41) is 2.67. The summed E-state index contributed by atoms with van der Waals surface area (Å²) in [6.45, 7) is 8.47. The quantitative estimate of drug-likeness (QED) is 0.685. The van der Waals surface area contributed by atoms with Crippen molar-refractivity contribution in [2.75, 3.05) is 0 Å². The van der Waals surface area contributed by atoms with E-state index in [2.05, 4.69) is 50.8 Å². The van der Waals surface area contributed by atoms with Gasteiger partial charge in [-0.05, 0) is 40.3 Å². The molecule has 0 heterocycles. The molecule has 0 bridgehead atoms. The van der Waals surface area contributed by atoms with Gasteiger partial charge in [0.1, 0.15) is 0 Å². The lowest BCUT2D eigenvalue weighted by atomic mass is 9.90. The SMILES string of the molecule is C=Cc1c(CCC)c(CC)cc2ccccc12. The van der Waals surface area contributed by atoms with Gasteiger partial charge in [0.2, 0.25) is 0 Å². The second kappa shape index (κ2) is 5.18. The monoisotopic (exact) mass is 224 g/mol. The van der Waals surface area contributed by atoms with Gasteiger partial charge in [-0.3, -0.25) is 0 Å². The molecule has 0 N–H and O–H groups in total. The number of benzene rings is 2. The van der Waals surface area contributed by atoms with Crippen LogP contribution in [0.3, 0.4) is 0 Å². The molecule has 88 valence electrons. The average Bonchev–Trinajstić information content (AvgIpc) is 2.38. The predicted octanol–water partition coefficient (Wildman–Crippen LogP) is 5.00. The van der Waals surface area contributed by atoms with Gasteiger partial charge >= 0.3 is 0 Å². The molecule has 2 aromatic rings. The Bertz CT molecular complexity index is 535. The van der Waals surface area contributed by atoms with Gasteiger partial charge in [-0.2, -0.15) is 0 Å². The topological polar surface area (TPSA) is 0 Å². The van der Waals surface area contributed by atoms with Crippen molar-refractivity contribution in [3.63, 3.8) is 0 Å². The highest BCUT2D eigenvalue weighted by Gasteiger charge is 2.09. The molecule has 0 aliphatic carbocycles. The molecule has 0 spiro atoms. The van der Waals surface area contributed by atoms with Crippen LogP contribution in [0.2, 0.25) is 0 Å². The highest BCUT2D eigenvalue weighted by Crippen LogP contribution is 2.28. The lowest BCUT2D eigenvalue weighted by Crippen LogP contribution is -1.97. The van der Waals surface area contributed by atoms with Gasteiger partial charge < -0.3 is 0 Å². The van der Waals surface area contributed by atoms with E-state index in [-0.39, 0.29) is 0 Å². The zero-order chi connectivity index (χ0) is 12.3. The predicted molar refractivity (Wildman–Crippen MR) is 77.4 cm³/mol. The highest BCUT2D eigenvalue weighted by atomic mass is 14.1. The van der Waals surface area contributed by atoms with Crippen molar-refractivity contribution in [2.45, 2.75) is 33.1 Å². The van der Waals surface area contributed by atoms with Crippen LogP contribution in [0.25, 0.3) is 16.8 Å². The summed E-state index contributed by atoms with van der Waals surface area (Å²) in [4.78, 5) is 0. The van der Waals surface area contributed by atoms with Crippen molar-refractivity contribution in [3.8, 4) is 0 Å². The standard InChI is InChI=1S/C17H20/c1-4-9-16-13(5-2)12-14-10-7-8-11-17(14)15(16)6-3/h6-8,10-12H,3-5,9H2,1-2H3. The molecular formula is C17H20. The molecule has 0 fully saturated rings. The van der Waals surface area contributed by atoms with E-state index in [9.17, 15) is 0 Å². The first-order valence-corrected chi connectivity index (χ1v) is 6.47. The van der Waals surface area contributed by atoms with Crippen LogP contribution >= 0.6 is 0 Å². The van der Waals surface area contributed by atoms with Crippen LogP contribution in [0.5, 0.6) is 0 Å².